The number of nitrogens with zero attached hydrogens (tertiary/aromatic N) is 2. The Bertz CT molecular complexity index is 1170. The molecular formula is C23H22ClN3O3S. The van der Waals surface area contributed by atoms with E-state index in [4.69, 9.17) is 21.3 Å². The Morgan fingerprint density at radius 3 is 2.61 bits per heavy atom. The van der Waals surface area contributed by atoms with Crippen molar-refractivity contribution in [1.29, 1.82) is 0 Å². The second-order valence-corrected chi connectivity index (χ2v) is 9.15. The quantitative estimate of drug-likeness (QED) is 0.580. The third kappa shape index (κ3) is 3.60. The molecule has 0 unspecified atom stereocenters. The SMILES string of the molecule is CCOc1ccc(-c2c(Cl)c(CN3C(=O)CCC3=O)nc3sc4c(c23)CCNC4)cc1. The van der Waals surface area contributed by atoms with Gasteiger partial charge in [0.25, 0.3) is 0 Å². The first-order valence-corrected chi connectivity index (χ1v) is 11.7. The molecule has 3 aromatic rings. The molecule has 1 N–H and O–H groups in total. The summed E-state index contributed by atoms with van der Waals surface area (Å²) in [6.45, 7) is 4.40. The maximum atomic E-state index is 12.2. The van der Waals surface area contributed by atoms with Crippen LogP contribution in [0.15, 0.2) is 24.3 Å². The number of carbonyl (C=O) groups is 2. The zero-order chi connectivity index (χ0) is 21.5. The van der Waals surface area contributed by atoms with Gasteiger partial charge >= 0.3 is 0 Å². The smallest absolute Gasteiger partial charge is 0.230 e. The summed E-state index contributed by atoms with van der Waals surface area (Å²) in [5, 5.41) is 5.00. The molecule has 0 aliphatic carbocycles. The van der Waals surface area contributed by atoms with Crippen molar-refractivity contribution >= 4 is 45.0 Å². The van der Waals surface area contributed by atoms with E-state index in [9.17, 15) is 9.59 Å². The average molecular weight is 456 g/mol. The highest BCUT2D eigenvalue weighted by Gasteiger charge is 2.31. The van der Waals surface area contributed by atoms with E-state index < -0.39 is 0 Å². The maximum absolute atomic E-state index is 12.2. The van der Waals surface area contributed by atoms with E-state index in [1.807, 2.05) is 31.2 Å². The number of imide groups is 1. The van der Waals surface area contributed by atoms with Gasteiger partial charge in [-0.2, -0.15) is 0 Å². The largest absolute Gasteiger partial charge is 0.494 e. The zero-order valence-corrected chi connectivity index (χ0v) is 18.7. The van der Waals surface area contributed by atoms with Gasteiger partial charge in [-0.25, -0.2) is 4.98 Å². The number of halogens is 1. The van der Waals surface area contributed by atoms with E-state index in [1.54, 1.807) is 11.3 Å². The summed E-state index contributed by atoms with van der Waals surface area (Å²) in [5.74, 6) is 0.471. The van der Waals surface area contributed by atoms with E-state index in [0.29, 0.717) is 17.3 Å². The fourth-order valence-electron chi connectivity index (χ4n) is 4.29. The number of thiophene rings is 1. The molecule has 0 atom stereocenters. The van der Waals surface area contributed by atoms with Crippen LogP contribution in [0.1, 0.15) is 35.9 Å². The Kier molecular flexibility index (Phi) is 5.42. The third-order valence-electron chi connectivity index (χ3n) is 5.79. The lowest BCUT2D eigenvalue weighted by Crippen LogP contribution is -2.29. The molecule has 1 fully saturated rings. The van der Waals surface area contributed by atoms with Crippen molar-refractivity contribution in [3.8, 4) is 16.9 Å². The van der Waals surface area contributed by atoms with Crippen molar-refractivity contribution in [2.24, 2.45) is 0 Å². The number of aromatic nitrogens is 1. The molecule has 160 valence electrons. The highest BCUT2D eigenvalue weighted by Crippen LogP contribution is 2.44. The van der Waals surface area contributed by atoms with Crippen molar-refractivity contribution in [2.45, 2.75) is 39.3 Å². The number of likely N-dealkylation sites (tertiary alicyclic amines) is 1. The number of amides is 2. The number of carbonyl (C=O) groups excluding carboxylic acids is 2. The molecule has 2 aliphatic heterocycles. The molecule has 6 nitrogen and oxygen atoms in total. The third-order valence-corrected chi connectivity index (χ3v) is 7.32. The van der Waals surface area contributed by atoms with E-state index in [1.165, 1.54) is 15.3 Å². The number of pyridine rings is 1. The highest BCUT2D eigenvalue weighted by atomic mass is 35.5. The van der Waals surface area contributed by atoms with Crippen LogP contribution in [0.2, 0.25) is 5.02 Å². The summed E-state index contributed by atoms with van der Waals surface area (Å²) in [5.41, 5.74) is 3.74. The molecular weight excluding hydrogens is 434 g/mol. The maximum Gasteiger partial charge on any atom is 0.230 e. The number of hydrogen-bond acceptors (Lipinski definition) is 6. The van der Waals surface area contributed by atoms with Crippen LogP contribution in [0.25, 0.3) is 21.3 Å². The average Bonchev–Trinajstić information content (AvgIpc) is 3.30. The van der Waals surface area contributed by atoms with Crippen LogP contribution in [0.5, 0.6) is 5.75 Å². The van der Waals surface area contributed by atoms with Crippen molar-refractivity contribution in [3.63, 3.8) is 0 Å². The fourth-order valence-corrected chi connectivity index (χ4v) is 5.82. The molecule has 0 spiro atoms. The molecule has 31 heavy (non-hydrogen) atoms. The van der Waals surface area contributed by atoms with Crippen LogP contribution in [-0.4, -0.2) is 34.8 Å². The zero-order valence-electron chi connectivity index (χ0n) is 17.2. The van der Waals surface area contributed by atoms with Crippen LogP contribution in [0, 0.1) is 0 Å². The van der Waals surface area contributed by atoms with Gasteiger partial charge in [0, 0.05) is 35.2 Å². The van der Waals surface area contributed by atoms with E-state index in [-0.39, 0.29) is 31.2 Å². The van der Waals surface area contributed by atoms with Gasteiger partial charge < -0.3 is 10.1 Å². The normalized spacial score (nSPS) is 16.3. The lowest BCUT2D eigenvalue weighted by atomic mass is 9.96. The van der Waals surface area contributed by atoms with Gasteiger partial charge in [-0.05, 0) is 43.1 Å². The molecule has 0 radical (unpaired) electrons. The summed E-state index contributed by atoms with van der Waals surface area (Å²) in [4.78, 5) is 32.7. The molecule has 8 heteroatoms. The topological polar surface area (TPSA) is 71.5 Å². The molecule has 0 bridgehead atoms. The van der Waals surface area contributed by atoms with Crippen molar-refractivity contribution < 1.29 is 14.3 Å². The number of nitrogens with one attached hydrogen (secondary N) is 1. The molecule has 2 amide bonds. The lowest BCUT2D eigenvalue weighted by molar-refractivity contribution is -0.139. The Morgan fingerprint density at radius 1 is 1.16 bits per heavy atom. The van der Waals surface area contributed by atoms with Crippen LogP contribution < -0.4 is 10.1 Å². The number of rotatable bonds is 5. The number of ether oxygens (including phenoxy) is 1. The van der Waals surface area contributed by atoms with Gasteiger partial charge in [0.1, 0.15) is 10.6 Å². The Morgan fingerprint density at radius 2 is 1.90 bits per heavy atom. The molecule has 0 saturated carbocycles. The highest BCUT2D eigenvalue weighted by molar-refractivity contribution is 7.19. The first kappa shape index (κ1) is 20.4. The van der Waals surface area contributed by atoms with Crippen molar-refractivity contribution in [2.75, 3.05) is 13.2 Å². The number of fused-ring (bicyclic) bond motifs is 3. The number of benzene rings is 1. The predicted octanol–water partition coefficient (Wildman–Crippen LogP) is 4.31. The minimum atomic E-state index is -0.166. The van der Waals surface area contributed by atoms with E-state index in [2.05, 4.69) is 5.32 Å². The van der Waals surface area contributed by atoms with Gasteiger partial charge in [-0.15, -0.1) is 11.3 Å². The Hall–Kier alpha value is -2.48. The van der Waals surface area contributed by atoms with Crippen LogP contribution in [-0.2, 0) is 29.1 Å². The van der Waals surface area contributed by atoms with Crippen LogP contribution in [0.4, 0.5) is 0 Å². The van der Waals surface area contributed by atoms with Crippen LogP contribution >= 0.6 is 22.9 Å². The molecule has 1 saturated heterocycles. The minimum Gasteiger partial charge on any atom is -0.494 e. The lowest BCUT2D eigenvalue weighted by Gasteiger charge is -2.18. The monoisotopic (exact) mass is 455 g/mol. The first-order chi connectivity index (χ1) is 15.1. The molecule has 4 heterocycles. The minimum absolute atomic E-state index is 0.108. The second kappa shape index (κ2) is 8.22. The summed E-state index contributed by atoms with van der Waals surface area (Å²) < 4.78 is 5.59. The van der Waals surface area contributed by atoms with Crippen LogP contribution in [0.3, 0.4) is 0 Å². The second-order valence-electron chi connectivity index (χ2n) is 7.69. The molecule has 2 aliphatic rings. The fraction of sp³-hybridized carbons (Fsp3) is 0.348. The summed E-state index contributed by atoms with van der Waals surface area (Å²) in [6.07, 6.45) is 1.42. The summed E-state index contributed by atoms with van der Waals surface area (Å²) >= 11 is 8.60. The predicted molar refractivity (Wildman–Crippen MR) is 121 cm³/mol. The van der Waals surface area contributed by atoms with Crippen molar-refractivity contribution in [1.82, 2.24) is 15.2 Å². The van der Waals surface area contributed by atoms with E-state index in [0.717, 1.165) is 46.6 Å². The van der Waals surface area contributed by atoms with Gasteiger partial charge in [-0.3, -0.25) is 14.5 Å². The molecule has 1 aromatic carbocycles. The van der Waals surface area contributed by atoms with Gasteiger partial charge in [-0.1, -0.05) is 23.7 Å². The van der Waals surface area contributed by atoms with Gasteiger partial charge in [0.2, 0.25) is 11.8 Å². The molecule has 5 rings (SSSR count). The summed E-state index contributed by atoms with van der Waals surface area (Å²) in [7, 11) is 0. The molecule has 2 aromatic heterocycles. The van der Waals surface area contributed by atoms with E-state index >= 15 is 0 Å². The summed E-state index contributed by atoms with van der Waals surface area (Å²) in [6, 6.07) is 7.89. The number of hydrogen-bond donors (Lipinski definition) is 1. The van der Waals surface area contributed by atoms with Gasteiger partial charge in [0.05, 0.1) is 23.9 Å². The Balaban J connectivity index is 1.68. The first-order valence-electron chi connectivity index (χ1n) is 10.5. The van der Waals surface area contributed by atoms with Crippen molar-refractivity contribution in [3.05, 3.63) is 45.4 Å². The Labute approximate surface area is 189 Å². The van der Waals surface area contributed by atoms with Gasteiger partial charge in [0.15, 0.2) is 0 Å². The standard InChI is InChI=1S/C23H22ClN3O3S/c1-2-30-14-5-3-13(4-6-14)20-21-15-9-10-25-11-17(15)31-23(21)26-16(22(20)24)12-27-18(28)7-8-19(27)29/h3-6,25H,2,7-12H2,1H3.